The van der Waals surface area contributed by atoms with E-state index in [-0.39, 0.29) is 11.9 Å². The van der Waals surface area contributed by atoms with Crippen molar-refractivity contribution < 1.29 is 9.13 Å². The van der Waals surface area contributed by atoms with E-state index < -0.39 is 0 Å². The third kappa shape index (κ3) is 5.08. The van der Waals surface area contributed by atoms with Gasteiger partial charge in [-0.05, 0) is 43.0 Å². The standard InChI is InChI=1S/C18H28FNO/c1-3-14-6-5-7-17(12-14)21-18(13-20-4-2)15-8-10-16(19)11-9-15/h8-11,14,17-18,20H,3-7,12-13H2,1-2H3. The first-order chi connectivity index (χ1) is 10.2. The Bertz CT molecular complexity index is 406. The first kappa shape index (κ1) is 16.4. The van der Waals surface area contributed by atoms with Crippen molar-refractivity contribution in [1.82, 2.24) is 5.32 Å². The summed E-state index contributed by atoms with van der Waals surface area (Å²) in [5.74, 6) is 0.612. The molecule has 21 heavy (non-hydrogen) atoms. The SMILES string of the molecule is CCNCC(OC1CCCC(CC)C1)c1ccc(F)cc1. The number of nitrogens with one attached hydrogen (secondary N) is 1. The third-order valence-electron chi connectivity index (χ3n) is 4.49. The Hall–Kier alpha value is -0.930. The molecule has 1 aliphatic rings. The average molecular weight is 293 g/mol. The van der Waals surface area contributed by atoms with Gasteiger partial charge in [-0.1, -0.05) is 45.2 Å². The largest absolute Gasteiger partial charge is 0.369 e. The van der Waals surface area contributed by atoms with Crippen LogP contribution in [0.25, 0.3) is 0 Å². The number of benzene rings is 1. The molecular formula is C18H28FNO. The first-order valence-corrected chi connectivity index (χ1v) is 8.34. The Morgan fingerprint density at radius 3 is 2.67 bits per heavy atom. The van der Waals surface area contributed by atoms with Gasteiger partial charge in [-0.15, -0.1) is 0 Å². The van der Waals surface area contributed by atoms with Gasteiger partial charge < -0.3 is 10.1 Å². The minimum atomic E-state index is -0.190. The van der Waals surface area contributed by atoms with Crippen molar-refractivity contribution in [2.45, 2.75) is 58.2 Å². The van der Waals surface area contributed by atoms with Gasteiger partial charge >= 0.3 is 0 Å². The van der Waals surface area contributed by atoms with E-state index in [0.29, 0.717) is 6.10 Å². The summed E-state index contributed by atoms with van der Waals surface area (Å²) in [6, 6.07) is 6.73. The van der Waals surface area contributed by atoms with Crippen LogP contribution in [0, 0.1) is 11.7 Å². The molecule has 3 heteroatoms. The van der Waals surface area contributed by atoms with Gasteiger partial charge in [0.15, 0.2) is 0 Å². The van der Waals surface area contributed by atoms with Gasteiger partial charge in [0.05, 0.1) is 12.2 Å². The molecule has 1 fully saturated rings. The Kier molecular flexibility index (Phi) is 6.65. The van der Waals surface area contributed by atoms with Gasteiger partial charge in [-0.25, -0.2) is 4.39 Å². The fraction of sp³-hybridized carbons (Fsp3) is 0.667. The van der Waals surface area contributed by atoms with Crippen molar-refractivity contribution in [3.63, 3.8) is 0 Å². The van der Waals surface area contributed by atoms with Gasteiger partial charge in [0.25, 0.3) is 0 Å². The number of likely N-dealkylation sites (N-methyl/N-ethyl adjacent to an activating group) is 1. The van der Waals surface area contributed by atoms with Crippen LogP contribution >= 0.6 is 0 Å². The van der Waals surface area contributed by atoms with Crippen LogP contribution in [-0.2, 0) is 4.74 Å². The topological polar surface area (TPSA) is 21.3 Å². The molecule has 0 aromatic heterocycles. The Morgan fingerprint density at radius 1 is 1.24 bits per heavy atom. The predicted molar refractivity (Wildman–Crippen MR) is 84.8 cm³/mol. The van der Waals surface area contributed by atoms with Crippen LogP contribution in [0.4, 0.5) is 4.39 Å². The molecule has 0 amide bonds. The molecule has 1 N–H and O–H groups in total. The first-order valence-electron chi connectivity index (χ1n) is 8.34. The maximum absolute atomic E-state index is 13.1. The molecule has 1 aliphatic carbocycles. The lowest BCUT2D eigenvalue weighted by atomic mass is 9.85. The lowest BCUT2D eigenvalue weighted by Crippen LogP contribution is -2.29. The van der Waals surface area contributed by atoms with Gasteiger partial charge in [0, 0.05) is 6.54 Å². The van der Waals surface area contributed by atoms with Crippen molar-refractivity contribution in [3.05, 3.63) is 35.6 Å². The van der Waals surface area contributed by atoms with Crippen LogP contribution in [0.15, 0.2) is 24.3 Å². The maximum Gasteiger partial charge on any atom is 0.123 e. The fourth-order valence-corrected chi connectivity index (χ4v) is 3.17. The smallest absolute Gasteiger partial charge is 0.123 e. The zero-order valence-electron chi connectivity index (χ0n) is 13.3. The van der Waals surface area contributed by atoms with E-state index in [9.17, 15) is 4.39 Å². The maximum atomic E-state index is 13.1. The molecule has 0 saturated heterocycles. The van der Waals surface area contributed by atoms with E-state index in [1.807, 2.05) is 12.1 Å². The summed E-state index contributed by atoms with van der Waals surface area (Å²) < 4.78 is 19.5. The molecule has 1 aromatic carbocycles. The van der Waals surface area contributed by atoms with Crippen LogP contribution in [0.2, 0.25) is 0 Å². The molecule has 3 atom stereocenters. The lowest BCUT2D eigenvalue weighted by Gasteiger charge is -2.32. The minimum absolute atomic E-state index is 0.0196. The van der Waals surface area contributed by atoms with Crippen molar-refractivity contribution in [2.24, 2.45) is 5.92 Å². The monoisotopic (exact) mass is 293 g/mol. The molecule has 0 spiro atoms. The second-order valence-corrected chi connectivity index (χ2v) is 6.05. The molecule has 1 aromatic rings. The minimum Gasteiger partial charge on any atom is -0.369 e. The van der Waals surface area contributed by atoms with Crippen LogP contribution in [0.5, 0.6) is 0 Å². The second-order valence-electron chi connectivity index (χ2n) is 6.05. The Labute approximate surface area is 128 Å². The highest BCUT2D eigenvalue weighted by atomic mass is 19.1. The molecule has 0 bridgehead atoms. The zero-order chi connectivity index (χ0) is 15.1. The van der Waals surface area contributed by atoms with E-state index >= 15 is 0 Å². The van der Waals surface area contributed by atoms with E-state index in [0.717, 1.165) is 31.0 Å². The number of hydrogen-bond donors (Lipinski definition) is 1. The Morgan fingerprint density at radius 2 is 2.00 bits per heavy atom. The summed E-state index contributed by atoms with van der Waals surface area (Å²) in [5, 5.41) is 3.36. The molecular weight excluding hydrogens is 265 g/mol. The number of halogens is 1. The second kappa shape index (κ2) is 8.50. The predicted octanol–water partition coefficient (Wildman–Crippen LogP) is 4.46. The molecule has 1 saturated carbocycles. The number of rotatable bonds is 7. The van der Waals surface area contributed by atoms with E-state index in [4.69, 9.17) is 4.74 Å². The summed E-state index contributed by atoms with van der Waals surface area (Å²) in [6.07, 6.45) is 6.53. The summed E-state index contributed by atoms with van der Waals surface area (Å²) in [5.41, 5.74) is 1.07. The highest BCUT2D eigenvalue weighted by Crippen LogP contribution is 2.31. The van der Waals surface area contributed by atoms with Gasteiger partial charge in [0.1, 0.15) is 5.82 Å². The van der Waals surface area contributed by atoms with E-state index in [2.05, 4.69) is 19.2 Å². The summed E-state index contributed by atoms with van der Waals surface area (Å²) in [7, 11) is 0. The Balaban J connectivity index is 2.00. The van der Waals surface area contributed by atoms with E-state index in [1.54, 1.807) is 0 Å². The summed E-state index contributed by atoms with van der Waals surface area (Å²) in [6.45, 7) is 6.07. The lowest BCUT2D eigenvalue weighted by molar-refractivity contribution is -0.0413. The quantitative estimate of drug-likeness (QED) is 0.801. The van der Waals surface area contributed by atoms with Gasteiger partial charge in [-0.2, -0.15) is 0 Å². The van der Waals surface area contributed by atoms with E-state index in [1.165, 1.54) is 37.8 Å². The average Bonchev–Trinajstić information content (AvgIpc) is 2.52. The zero-order valence-corrected chi connectivity index (χ0v) is 13.3. The summed E-state index contributed by atoms with van der Waals surface area (Å²) in [4.78, 5) is 0. The van der Waals surface area contributed by atoms with Gasteiger partial charge in [0.2, 0.25) is 0 Å². The normalized spacial score (nSPS) is 24.0. The van der Waals surface area contributed by atoms with Crippen LogP contribution in [0.1, 0.15) is 57.6 Å². The molecule has 2 rings (SSSR count). The number of hydrogen-bond acceptors (Lipinski definition) is 2. The number of ether oxygens (including phenoxy) is 1. The highest BCUT2D eigenvalue weighted by Gasteiger charge is 2.24. The fourth-order valence-electron chi connectivity index (χ4n) is 3.17. The van der Waals surface area contributed by atoms with Crippen LogP contribution in [-0.4, -0.2) is 19.2 Å². The molecule has 0 heterocycles. The molecule has 118 valence electrons. The summed E-state index contributed by atoms with van der Waals surface area (Å²) >= 11 is 0. The van der Waals surface area contributed by atoms with Crippen molar-refractivity contribution in [2.75, 3.05) is 13.1 Å². The van der Waals surface area contributed by atoms with Crippen molar-refractivity contribution in [3.8, 4) is 0 Å². The third-order valence-corrected chi connectivity index (χ3v) is 4.49. The molecule has 2 nitrogen and oxygen atoms in total. The van der Waals surface area contributed by atoms with Crippen molar-refractivity contribution >= 4 is 0 Å². The molecule has 0 aliphatic heterocycles. The van der Waals surface area contributed by atoms with Crippen molar-refractivity contribution in [1.29, 1.82) is 0 Å². The van der Waals surface area contributed by atoms with Crippen LogP contribution in [0.3, 0.4) is 0 Å². The van der Waals surface area contributed by atoms with Crippen LogP contribution < -0.4 is 5.32 Å². The van der Waals surface area contributed by atoms with Gasteiger partial charge in [-0.3, -0.25) is 0 Å². The molecule has 3 unspecified atom stereocenters. The molecule has 0 radical (unpaired) electrons. The highest BCUT2D eigenvalue weighted by molar-refractivity contribution is 5.19.